The molecule has 0 bridgehead atoms. The largest absolute Gasteiger partial charge is 0.352 e. The number of rotatable bonds is 6. The molecule has 0 aromatic carbocycles. The number of hydrogen-bond donors (Lipinski definition) is 1. The van der Waals surface area contributed by atoms with Gasteiger partial charge >= 0.3 is 0 Å². The highest BCUT2D eigenvalue weighted by Crippen LogP contribution is 2.42. The third-order valence-corrected chi connectivity index (χ3v) is 7.03. The summed E-state index contributed by atoms with van der Waals surface area (Å²) in [5, 5.41) is 13.0. The Morgan fingerprint density at radius 2 is 1.81 bits per heavy atom. The lowest BCUT2D eigenvalue weighted by molar-refractivity contribution is -0.120. The van der Waals surface area contributed by atoms with Crippen LogP contribution in [0.2, 0.25) is 0 Å². The van der Waals surface area contributed by atoms with Crippen molar-refractivity contribution >= 4 is 23.6 Å². The van der Waals surface area contributed by atoms with E-state index in [9.17, 15) is 4.79 Å². The number of carbonyl (C=O) groups excluding carboxylic acids is 1. The first kappa shape index (κ1) is 18.1. The molecule has 2 aliphatic carbocycles. The molecule has 7 heteroatoms. The van der Waals surface area contributed by atoms with E-state index >= 15 is 0 Å². The van der Waals surface area contributed by atoms with Crippen molar-refractivity contribution < 1.29 is 4.79 Å². The van der Waals surface area contributed by atoms with Gasteiger partial charge in [0.25, 0.3) is 0 Å². The summed E-state index contributed by atoms with van der Waals surface area (Å²) >= 11 is 1.57. The first-order valence-corrected chi connectivity index (χ1v) is 11.2. The quantitative estimate of drug-likeness (QED) is 0.770. The first-order valence-electron chi connectivity index (χ1n) is 10.3. The zero-order chi connectivity index (χ0) is 18.1. The van der Waals surface area contributed by atoms with Crippen molar-refractivity contribution in [3.8, 4) is 0 Å². The molecule has 2 saturated carbocycles. The van der Waals surface area contributed by atoms with Gasteiger partial charge in [-0.15, -0.1) is 10.2 Å². The highest BCUT2D eigenvalue weighted by atomic mass is 32.2. The van der Waals surface area contributed by atoms with E-state index in [4.69, 9.17) is 0 Å². The molecular weight excluding hydrogens is 346 g/mol. The maximum absolute atomic E-state index is 12.5. The summed E-state index contributed by atoms with van der Waals surface area (Å²) in [6.45, 7) is 6.45. The summed E-state index contributed by atoms with van der Waals surface area (Å²) in [7, 11) is 0. The third-order valence-electron chi connectivity index (χ3n) is 5.98. The summed E-state index contributed by atoms with van der Waals surface area (Å²) in [5.74, 6) is 1.96. The summed E-state index contributed by atoms with van der Waals surface area (Å²) in [4.78, 5) is 14.9. The van der Waals surface area contributed by atoms with E-state index < -0.39 is 0 Å². The van der Waals surface area contributed by atoms with Crippen LogP contribution in [-0.2, 0) is 4.79 Å². The number of anilines is 1. The maximum atomic E-state index is 12.5. The highest BCUT2D eigenvalue weighted by molar-refractivity contribution is 8.00. The molecule has 0 spiro atoms. The van der Waals surface area contributed by atoms with Gasteiger partial charge in [-0.3, -0.25) is 9.36 Å². The molecule has 1 saturated heterocycles. The van der Waals surface area contributed by atoms with Crippen LogP contribution in [0.25, 0.3) is 0 Å². The maximum Gasteiger partial charge on any atom is 0.233 e. The van der Waals surface area contributed by atoms with Crippen LogP contribution in [0.4, 0.5) is 5.95 Å². The summed E-state index contributed by atoms with van der Waals surface area (Å²) in [6.07, 6.45) is 9.57. The minimum atomic E-state index is -0.133. The molecule has 6 nitrogen and oxygen atoms in total. The van der Waals surface area contributed by atoms with Gasteiger partial charge in [-0.2, -0.15) is 0 Å². The average Bonchev–Trinajstić information content (AvgIpc) is 3.17. The van der Waals surface area contributed by atoms with Crippen molar-refractivity contribution in [1.82, 2.24) is 20.1 Å². The van der Waals surface area contributed by atoms with Crippen LogP contribution >= 0.6 is 11.8 Å². The Labute approximate surface area is 160 Å². The van der Waals surface area contributed by atoms with E-state index in [0.717, 1.165) is 43.0 Å². The summed E-state index contributed by atoms with van der Waals surface area (Å²) in [5.41, 5.74) is 0. The molecule has 1 atom stereocenters. The number of nitrogens with one attached hydrogen (secondary N) is 1. The molecule has 3 aliphatic rings. The number of carbonyl (C=O) groups is 1. The molecular formula is C19H31N5OS. The Balaban J connectivity index is 1.43. The van der Waals surface area contributed by atoms with Gasteiger partial charge in [0.15, 0.2) is 5.16 Å². The average molecular weight is 378 g/mol. The van der Waals surface area contributed by atoms with Crippen LogP contribution in [0.1, 0.15) is 71.3 Å². The van der Waals surface area contributed by atoms with Crippen molar-refractivity contribution in [3.63, 3.8) is 0 Å². The van der Waals surface area contributed by atoms with Gasteiger partial charge in [-0.1, -0.05) is 31.5 Å². The lowest BCUT2D eigenvalue weighted by atomic mass is 10.00. The van der Waals surface area contributed by atoms with E-state index in [1.165, 1.54) is 38.5 Å². The lowest BCUT2D eigenvalue weighted by Crippen LogP contribution is -2.37. The van der Waals surface area contributed by atoms with Gasteiger partial charge < -0.3 is 10.2 Å². The number of amides is 1. The van der Waals surface area contributed by atoms with Crippen molar-refractivity contribution in [2.45, 2.75) is 87.7 Å². The smallest absolute Gasteiger partial charge is 0.233 e. The van der Waals surface area contributed by atoms with Crippen molar-refractivity contribution in [3.05, 3.63) is 0 Å². The second-order valence-electron chi connectivity index (χ2n) is 8.30. The Kier molecular flexibility index (Phi) is 5.43. The Bertz CT molecular complexity index is 630. The fourth-order valence-corrected chi connectivity index (χ4v) is 4.95. The number of nitrogens with zero attached hydrogens (tertiary/aromatic N) is 4. The van der Waals surface area contributed by atoms with E-state index in [-0.39, 0.29) is 11.2 Å². The minimum absolute atomic E-state index is 0.133. The van der Waals surface area contributed by atoms with Gasteiger partial charge in [-0.05, 0) is 51.4 Å². The predicted molar refractivity (Wildman–Crippen MR) is 105 cm³/mol. The van der Waals surface area contributed by atoms with Crippen molar-refractivity contribution in [2.24, 2.45) is 5.92 Å². The number of hydrogen-bond acceptors (Lipinski definition) is 5. The number of aromatic nitrogens is 3. The molecule has 3 fully saturated rings. The van der Waals surface area contributed by atoms with Crippen LogP contribution in [0.15, 0.2) is 5.16 Å². The van der Waals surface area contributed by atoms with E-state index in [0.29, 0.717) is 12.1 Å². The van der Waals surface area contributed by atoms with Gasteiger partial charge in [0.1, 0.15) is 0 Å². The second-order valence-corrected chi connectivity index (χ2v) is 9.61. The second kappa shape index (κ2) is 7.79. The standard InChI is InChI=1S/C19H31N5OS/c1-13-9-11-23(12-10-13)18-21-22-19(24(18)16-7-8-16)26-14(2)17(25)20-15-5-3-4-6-15/h13-16H,3-12H2,1-2H3,(H,20,25). The molecule has 26 heavy (non-hydrogen) atoms. The van der Waals surface area contributed by atoms with Crippen molar-refractivity contribution in [2.75, 3.05) is 18.0 Å². The van der Waals surface area contributed by atoms with Crippen LogP contribution < -0.4 is 10.2 Å². The van der Waals surface area contributed by atoms with Crippen LogP contribution in [0.3, 0.4) is 0 Å². The Morgan fingerprint density at radius 3 is 2.46 bits per heavy atom. The van der Waals surface area contributed by atoms with Crippen LogP contribution in [0, 0.1) is 5.92 Å². The van der Waals surface area contributed by atoms with E-state index in [1.807, 2.05) is 6.92 Å². The molecule has 144 valence electrons. The van der Waals surface area contributed by atoms with Gasteiger partial charge in [0.2, 0.25) is 11.9 Å². The molecule has 4 rings (SSSR count). The SMILES string of the molecule is CC1CCN(c2nnc(SC(C)C(=O)NC3CCCC3)n2C2CC2)CC1. The van der Waals surface area contributed by atoms with Gasteiger partial charge in [0, 0.05) is 25.2 Å². The molecule has 1 aromatic rings. The van der Waals surface area contributed by atoms with Crippen LogP contribution in [0.5, 0.6) is 0 Å². The molecule has 1 amide bonds. The zero-order valence-corrected chi connectivity index (χ0v) is 16.8. The van der Waals surface area contributed by atoms with E-state index in [2.05, 4.69) is 31.9 Å². The zero-order valence-electron chi connectivity index (χ0n) is 16.0. The molecule has 0 radical (unpaired) electrons. The monoisotopic (exact) mass is 377 g/mol. The topological polar surface area (TPSA) is 63.1 Å². The summed E-state index contributed by atoms with van der Waals surface area (Å²) in [6, 6.07) is 0.893. The number of piperidine rings is 1. The molecule has 2 heterocycles. The number of thioether (sulfide) groups is 1. The fourth-order valence-electron chi connectivity index (χ4n) is 4.03. The molecule has 1 N–H and O–H groups in total. The van der Waals surface area contributed by atoms with Crippen LogP contribution in [-0.4, -0.2) is 45.1 Å². The van der Waals surface area contributed by atoms with Gasteiger partial charge in [0.05, 0.1) is 5.25 Å². The van der Waals surface area contributed by atoms with E-state index in [1.54, 1.807) is 11.8 Å². The first-order chi connectivity index (χ1) is 12.6. The van der Waals surface area contributed by atoms with Gasteiger partial charge in [-0.25, -0.2) is 0 Å². The minimum Gasteiger partial charge on any atom is -0.352 e. The fraction of sp³-hybridized carbons (Fsp3) is 0.842. The Morgan fingerprint density at radius 1 is 1.12 bits per heavy atom. The summed E-state index contributed by atoms with van der Waals surface area (Å²) < 4.78 is 2.31. The molecule has 1 unspecified atom stereocenters. The third kappa shape index (κ3) is 4.02. The normalized spacial score (nSPS) is 23.4. The lowest BCUT2D eigenvalue weighted by Gasteiger charge is -2.31. The Hall–Kier alpha value is -1.24. The molecule has 1 aromatic heterocycles. The molecule has 1 aliphatic heterocycles. The predicted octanol–water partition coefficient (Wildman–Crippen LogP) is 3.39. The highest BCUT2D eigenvalue weighted by Gasteiger charge is 2.34. The van der Waals surface area contributed by atoms with Crippen molar-refractivity contribution in [1.29, 1.82) is 0 Å².